The Morgan fingerprint density at radius 3 is 2.46 bits per heavy atom. The monoisotopic (exact) mass is 419 g/mol. The highest BCUT2D eigenvalue weighted by Crippen LogP contribution is 2.41. The van der Waals surface area contributed by atoms with Crippen molar-refractivity contribution in [2.75, 3.05) is 6.61 Å². The van der Waals surface area contributed by atoms with Crippen LogP contribution in [-0.4, -0.2) is 32.3 Å². The van der Waals surface area contributed by atoms with Gasteiger partial charge in [0, 0.05) is 14.8 Å². The van der Waals surface area contributed by atoms with Crippen molar-refractivity contribution in [3.8, 4) is 5.75 Å². The highest BCUT2D eigenvalue weighted by molar-refractivity contribution is 7.99. The molecule has 0 radical (unpaired) electrons. The maximum atomic E-state index is 11.0. The van der Waals surface area contributed by atoms with Gasteiger partial charge < -0.3 is 25.7 Å². The number of nitrogens with two attached hydrogens (primary N) is 1. The van der Waals surface area contributed by atoms with Gasteiger partial charge in [0.05, 0.1) is 6.61 Å². The molecule has 0 heterocycles. The van der Waals surface area contributed by atoms with Gasteiger partial charge in [-0.25, -0.2) is 4.57 Å². The van der Waals surface area contributed by atoms with E-state index in [-0.39, 0.29) is 18.6 Å². The highest BCUT2D eigenvalue weighted by atomic mass is 35.5. The molecule has 0 saturated heterocycles. The first-order valence-corrected chi connectivity index (χ1v) is 10.2. The molecule has 2 aromatic carbocycles. The Morgan fingerprint density at radius 2 is 1.88 bits per heavy atom. The number of phenols is 1. The van der Waals surface area contributed by atoms with E-state index in [2.05, 4.69) is 4.52 Å². The van der Waals surface area contributed by atoms with E-state index in [1.807, 2.05) is 12.1 Å². The predicted octanol–water partition coefficient (Wildman–Crippen LogP) is 2.89. The first kappa shape index (κ1) is 21.2. The molecule has 0 unspecified atom stereocenters. The normalized spacial score (nSPS) is 14.2. The van der Waals surface area contributed by atoms with E-state index < -0.39 is 20.2 Å². The second-order valence-electron chi connectivity index (χ2n) is 5.66. The topological polar surface area (TPSA) is 133 Å². The molecule has 0 aromatic heterocycles. The zero-order chi connectivity index (χ0) is 19.4. The summed E-state index contributed by atoms with van der Waals surface area (Å²) in [5.41, 5.74) is 4.53. The molecular weight excluding hydrogens is 401 g/mol. The molecule has 0 aliphatic heterocycles. The van der Waals surface area contributed by atoms with E-state index in [1.165, 1.54) is 11.8 Å². The van der Waals surface area contributed by atoms with E-state index in [1.54, 1.807) is 30.3 Å². The number of benzene rings is 2. The molecule has 0 aliphatic rings. The van der Waals surface area contributed by atoms with Gasteiger partial charge in [0.2, 0.25) is 0 Å². The number of rotatable bonds is 8. The molecular formula is C16H19ClNO6PS. The number of aryl methyl sites for hydroxylation is 1. The Kier molecular flexibility index (Phi) is 7.12. The molecule has 6 N–H and O–H groups in total. The lowest BCUT2D eigenvalue weighted by Crippen LogP contribution is -2.46. The molecule has 7 nitrogen and oxygen atoms in total. The smallest absolute Gasteiger partial charge is 0.471 e. The second kappa shape index (κ2) is 8.73. The van der Waals surface area contributed by atoms with Crippen LogP contribution in [0.1, 0.15) is 12.0 Å². The minimum atomic E-state index is -4.83. The number of phosphoric ester groups is 1. The number of halogens is 1. The highest BCUT2D eigenvalue weighted by Gasteiger charge is 2.33. The van der Waals surface area contributed by atoms with Crippen LogP contribution in [0.15, 0.2) is 52.3 Å². The van der Waals surface area contributed by atoms with Crippen molar-refractivity contribution in [3.63, 3.8) is 0 Å². The lowest BCUT2D eigenvalue weighted by Gasteiger charge is -2.27. The maximum absolute atomic E-state index is 11.0. The average Bonchev–Trinajstić information content (AvgIpc) is 2.52. The Balaban J connectivity index is 2.06. The molecule has 0 bridgehead atoms. The minimum Gasteiger partial charge on any atom is -0.508 e. The van der Waals surface area contributed by atoms with Gasteiger partial charge in [-0.05, 0) is 48.7 Å². The van der Waals surface area contributed by atoms with Gasteiger partial charge in [-0.15, -0.1) is 0 Å². The molecule has 0 aliphatic carbocycles. The molecule has 1 atom stereocenters. The Hall–Kier alpha value is -1.09. The fraction of sp³-hybridized carbons (Fsp3) is 0.250. The SMILES string of the molecule is N[C@@](CO)(CCc1ccc(Sc2cccc(O)c2)cc1Cl)OP(=O)(O)O. The fourth-order valence-electron chi connectivity index (χ4n) is 2.21. The van der Waals surface area contributed by atoms with Crippen molar-refractivity contribution in [1.29, 1.82) is 0 Å². The first-order chi connectivity index (χ1) is 12.1. The quantitative estimate of drug-likeness (QED) is 0.326. The number of aromatic hydroxyl groups is 1. The number of phosphoric acid groups is 1. The van der Waals surface area contributed by atoms with Gasteiger partial charge in [-0.1, -0.05) is 35.5 Å². The summed E-state index contributed by atoms with van der Waals surface area (Å²) >= 11 is 7.70. The van der Waals surface area contributed by atoms with E-state index >= 15 is 0 Å². The third-order valence-corrected chi connectivity index (χ3v) is 5.40. The number of phenolic OH excluding ortho intramolecular Hbond substituents is 1. The van der Waals surface area contributed by atoms with Crippen molar-refractivity contribution >= 4 is 31.2 Å². The first-order valence-electron chi connectivity index (χ1n) is 7.52. The van der Waals surface area contributed by atoms with Gasteiger partial charge in [0.1, 0.15) is 5.75 Å². The summed E-state index contributed by atoms with van der Waals surface area (Å²) in [4.78, 5) is 19.5. The van der Waals surface area contributed by atoms with Crippen molar-refractivity contribution in [3.05, 3.63) is 53.1 Å². The van der Waals surface area contributed by atoms with Gasteiger partial charge in [0.15, 0.2) is 5.72 Å². The fourth-order valence-corrected chi connectivity index (χ4v) is 4.09. The van der Waals surface area contributed by atoms with E-state index in [0.29, 0.717) is 10.6 Å². The summed E-state index contributed by atoms with van der Waals surface area (Å²) in [6, 6.07) is 12.2. The standard InChI is InChI=1S/C16H19ClNO6PS/c17-15-9-14(26-13-3-1-2-12(20)8-13)5-4-11(15)6-7-16(18,10-19)24-25(21,22)23/h1-5,8-9,19-20H,6-7,10,18H2,(H2,21,22,23)/t16-/m0/s1. The van der Waals surface area contributed by atoms with E-state index in [9.17, 15) is 14.8 Å². The number of aliphatic hydroxyl groups excluding tert-OH is 1. The zero-order valence-corrected chi connectivity index (χ0v) is 16.0. The summed E-state index contributed by atoms with van der Waals surface area (Å²) in [6.45, 7) is -0.749. The molecule has 2 rings (SSSR count). The van der Waals surface area contributed by atoms with Crippen LogP contribution in [0.3, 0.4) is 0 Å². The van der Waals surface area contributed by atoms with Crippen molar-refractivity contribution in [2.24, 2.45) is 5.73 Å². The van der Waals surface area contributed by atoms with Crippen LogP contribution in [0, 0.1) is 0 Å². The average molecular weight is 420 g/mol. The molecule has 0 saturated carbocycles. The number of aliphatic hydroxyl groups is 1. The Labute approximate surface area is 160 Å². The predicted molar refractivity (Wildman–Crippen MR) is 99.1 cm³/mol. The lowest BCUT2D eigenvalue weighted by atomic mass is 10.0. The van der Waals surface area contributed by atoms with Crippen LogP contribution in [0.2, 0.25) is 5.02 Å². The van der Waals surface area contributed by atoms with Crippen LogP contribution in [-0.2, 0) is 15.5 Å². The Morgan fingerprint density at radius 1 is 1.19 bits per heavy atom. The summed E-state index contributed by atoms with van der Waals surface area (Å²) in [7, 11) is -4.83. The van der Waals surface area contributed by atoms with Crippen LogP contribution < -0.4 is 5.73 Å². The second-order valence-corrected chi connectivity index (χ2v) is 8.38. The van der Waals surface area contributed by atoms with E-state index in [0.717, 1.165) is 9.79 Å². The lowest BCUT2D eigenvalue weighted by molar-refractivity contribution is -0.0146. The van der Waals surface area contributed by atoms with Crippen LogP contribution in [0.25, 0.3) is 0 Å². The van der Waals surface area contributed by atoms with Gasteiger partial charge >= 0.3 is 7.82 Å². The third kappa shape index (κ3) is 6.57. The molecule has 2 aromatic rings. The van der Waals surface area contributed by atoms with Crippen molar-refractivity contribution in [2.45, 2.75) is 28.4 Å². The number of hydrogen-bond acceptors (Lipinski definition) is 6. The molecule has 0 spiro atoms. The minimum absolute atomic E-state index is 0.0343. The van der Waals surface area contributed by atoms with Crippen LogP contribution in [0.5, 0.6) is 5.75 Å². The van der Waals surface area contributed by atoms with Crippen molar-refractivity contribution in [1.82, 2.24) is 0 Å². The Bertz CT molecular complexity index is 817. The summed E-state index contributed by atoms with van der Waals surface area (Å²) in [5.74, 6) is 0.172. The summed E-state index contributed by atoms with van der Waals surface area (Å²) in [5, 5.41) is 19.2. The molecule has 142 valence electrons. The molecule has 0 fully saturated rings. The maximum Gasteiger partial charge on any atom is 0.471 e. The zero-order valence-electron chi connectivity index (χ0n) is 13.6. The summed E-state index contributed by atoms with van der Waals surface area (Å²) < 4.78 is 15.4. The van der Waals surface area contributed by atoms with Gasteiger partial charge in [-0.3, -0.25) is 4.52 Å². The number of hydrogen-bond donors (Lipinski definition) is 5. The van der Waals surface area contributed by atoms with Crippen LogP contribution in [0.4, 0.5) is 0 Å². The largest absolute Gasteiger partial charge is 0.508 e. The van der Waals surface area contributed by atoms with Gasteiger partial charge in [0.25, 0.3) is 0 Å². The third-order valence-electron chi connectivity index (χ3n) is 3.46. The molecule has 10 heteroatoms. The summed E-state index contributed by atoms with van der Waals surface area (Å²) in [6.07, 6.45) is 0.223. The molecule has 26 heavy (non-hydrogen) atoms. The van der Waals surface area contributed by atoms with Crippen LogP contribution >= 0.6 is 31.2 Å². The molecule has 0 amide bonds. The van der Waals surface area contributed by atoms with Crippen molar-refractivity contribution < 1.29 is 29.1 Å². The van der Waals surface area contributed by atoms with Gasteiger partial charge in [-0.2, -0.15) is 0 Å². The van der Waals surface area contributed by atoms with E-state index in [4.69, 9.17) is 27.1 Å².